The molecule has 0 saturated heterocycles. The number of hydrogen-bond acceptors (Lipinski definition) is 1. The van der Waals surface area contributed by atoms with Crippen molar-refractivity contribution in [2.45, 2.75) is 19.9 Å². The Kier molecular flexibility index (Phi) is 4.38. The normalized spacial score (nSPS) is 11.9. The van der Waals surface area contributed by atoms with Crippen molar-refractivity contribution in [2.24, 2.45) is 0 Å². The van der Waals surface area contributed by atoms with Crippen molar-refractivity contribution in [1.29, 1.82) is 0 Å². The zero-order valence-electron chi connectivity index (χ0n) is 11.0. The summed E-state index contributed by atoms with van der Waals surface area (Å²) in [5.74, 6) is -0.0462. The average molecular weight is 318 g/mol. The second-order valence-electron chi connectivity index (χ2n) is 4.52. The third-order valence-corrected chi connectivity index (χ3v) is 4.02. The highest BCUT2D eigenvalue weighted by atomic mass is 79.9. The largest absolute Gasteiger partial charge is 0.346 e. The maximum absolute atomic E-state index is 12.3. The minimum Gasteiger partial charge on any atom is -0.346 e. The summed E-state index contributed by atoms with van der Waals surface area (Å²) < 4.78 is 0.951. The van der Waals surface area contributed by atoms with Crippen LogP contribution in [0.15, 0.2) is 53.0 Å². The number of hydrogen-bond donors (Lipinski definition) is 1. The van der Waals surface area contributed by atoms with Gasteiger partial charge in [-0.15, -0.1) is 0 Å². The SMILES string of the molecule is Cc1c(Br)cccc1C(=O)NC(C)c1ccccc1. The Morgan fingerprint density at radius 1 is 1.11 bits per heavy atom. The molecule has 1 unspecified atom stereocenters. The highest BCUT2D eigenvalue weighted by Crippen LogP contribution is 2.20. The first kappa shape index (κ1) is 13.8. The molecule has 0 aliphatic rings. The van der Waals surface area contributed by atoms with Gasteiger partial charge in [-0.1, -0.05) is 52.3 Å². The second kappa shape index (κ2) is 6.02. The van der Waals surface area contributed by atoms with Gasteiger partial charge in [0.05, 0.1) is 6.04 Å². The molecule has 19 heavy (non-hydrogen) atoms. The van der Waals surface area contributed by atoms with Gasteiger partial charge >= 0.3 is 0 Å². The van der Waals surface area contributed by atoms with E-state index in [1.165, 1.54) is 0 Å². The Morgan fingerprint density at radius 2 is 1.79 bits per heavy atom. The van der Waals surface area contributed by atoms with E-state index in [2.05, 4.69) is 21.2 Å². The Bertz CT molecular complexity index is 581. The lowest BCUT2D eigenvalue weighted by atomic mass is 10.1. The first-order valence-corrected chi connectivity index (χ1v) is 7.00. The summed E-state index contributed by atoms with van der Waals surface area (Å²) in [4.78, 5) is 12.3. The summed E-state index contributed by atoms with van der Waals surface area (Å²) in [5, 5.41) is 3.02. The third kappa shape index (κ3) is 3.24. The van der Waals surface area contributed by atoms with Crippen molar-refractivity contribution in [3.63, 3.8) is 0 Å². The van der Waals surface area contributed by atoms with E-state index in [0.29, 0.717) is 5.56 Å². The number of nitrogens with one attached hydrogen (secondary N) is 1. The van der Waals surface area contributed by atoms with Gasteiger partial charge in [-0.2, -0.15) is 0 Å². The number of rotatable bonds is 3. The molecule has 0 radical (unpaired) electrons. The molecule has 1 amide bonds. The predicted octanol–water partition coefficient (Wildman–Crippen LogP) is 4.25. The summed E-state index contributed by atoms with van der Waals surface area (Å²) in [7, 11) is 0. The highest BCUT2D eigenvalue weighted by Gasteiger charge is 2.14. The van der Waals surface area contributed by atoms with Crippen LogP contribution in [0.5, 0.6) is 0 Å². The lowest BCUT2D eigenvalue weighted by Crippen LogP contribution is -2.27. The zero-order chi connectivity index (χ0) is 13.8. The molecule has 98 valence electrons. The predicted molar refractivity (Wildman–Crippen MR) is 81.2 cm³/mol. The van der Waals surface area contributed by atoms with Gasteiger partial charge in [0.15, 0.2) is 0 Å². The molecular formula is C16H16BrNO. The molecule has 1 atom stereocenters. The fourth-order valence-electron chi connectivity index (χ4n) is 1.95. The van der Waals surface area contributed by atoms with Crippen molar-refractivity contribution in [3.05, 3.63) is 69.7 Å². The molecule has 0 saturated carbocycles. The molecule has 0 bridgehead atoms. The minimum atomic E-state index is -0.0462. The molecule has 0 aliphatic carbocycles. The summed E-state index contributed by atoms with van der Waals surface area (Å²) in [6, 6.07) is 15.6. The molecule has 1 N–H and O–H groups in total. The maximum Gasteiger partial charge on any atom is 0.252 e. The van der Waals surface area contributed by atoms with Gasteiger partial charge in [-0.3, -0.25) is 4.79 Å². The number of carbonyl (C=O) groups is 1. The average Bonchev–Trinajstić information content (AvgIpc) is 2.42. The van der Waals surface area contributed by atoms with Crippen LogP contribution in [-0.4, -0.2) is 5.91 Å². The van der Waals surface area contributed by atoms with E-state index < -0.39 is 0 Å². The van der Waals surface area contributed by atoms with Crippen LogP contribution >= 0.6 is 15.9 Å². The van der Waals surface area contributed by atoms with Crippen molar-refractivity contribution >= 4 is 21.8 Å². The molecule has 2 rings (SSSR count). The van der Waals surface area contributed by atoms with Gasteiger partial charge in [0, 0.05) is 10.0 Å². The lowest BCUT2D eigenvalue weighted by Gasteiger charge is -2.15. The number of amides is 1. The van der Waals surface area contributed by atoms with E-state index in [9.17, 15) is 4.79 Å². The molecule has 0 fully saturated rings. The van der Waals surface area contributed by atoms with Crippen LogP contribution in [0.1, 0.15) is 34.5 Å². The Morgan fingerprint density at radius 3 is 2.47 bits per heavy atom. The minimum absolute atomic E-state index is 0.00733. The monoisotopic (exact) mass is 317 g/mol. The highest BCUT2D eigenvalue weighted by molar-refractivity contribution is 9.10. The van der Waals surface area contributed by atoms with Crippen LogP contribution in [0.2, 0.25) is 0 Å². The Hall–Kier alpha value is -1.61. The smallest absolute Gasteiger partial charge is 0.252 e. The fraction of sp³-hybridized carbons (Fsp3) is 0.188. The third-order valence-electron chi connectivity index (χ3n) is 3.16. The first-order valence-electron chi connectivity index (χ1n) is 6.20. The zero-order valence-corrected chi connectivity index (χ0v) is 12.6. The molecule has 2 aromatic carbocycles. The van der Waals surface area contributed by atoms with E-state index in [1.54, 1.807) is 0 Å². The number of halogens is 1. The topological polar surface area (TPSA) is 29.1 Å². The maximum atomic E-state index is 12.3. The number of carbonyl (C=O) groups excluding carboxylic acids is 1. The van der Waals surface area contributed by atoms with Crippen molar-refractivity contribution in [3.8, 4) is 0 Å². The molecule has 2 aromatic rings. The molecule has 0 aromatic heterocycles. The van der Waals surface area contributed by atoms with E-state index in [-0.39, 0.29) is 11.9 Å². The summed E-state index contributed by atoms with van der Waals surface area (Å²) in [6.45, 7) is 3.92. The molecule has 0 heterocycles. The van der Waals surface area contributed by atoms with Crippen molar-refractivity contribution in [2.75, 3.05) is 0 Å². The van der Waals surface area contributed by atoms with Gasteiger partial charge in [0.2, 0.25) is 0 Å². The summed E-state index contributed by atoms with van der Waals surface area (Å²) in [5.41, 5.74) is 2.76. The Balaban J connectivity index is 2.16. The van der Waals surface area contributed by atoms with Crippen LogP contribution in [0, 0.1) is 6.92 Å². The van der Waals surface area contributed by atoms with E-state index >= 15 is 0 Å². The summed E-state index contributed by atoms with van der Waals surface area (Å²) >= 11 is 3.45. The quantitative estimate of drug-likeness (QED) is 0.901. The lowest BCUT2D eigenvalue weighted by molar-refractivity contribution is 0.0939. The fourth-order valence-corrected chi connectivity index (χ4v) is 2.32. The van der Waals surface area contributed by atoms with Gasteiger partial charge in [-0.05, 0) is 37.1 Å². The Labute approximate surface area is 122 Å². The molecular weight excluding hydrogens is 302 g/mol. The van der Waals surface area contributed by atoms with Gasteiger partial charge < -0.3 is 5.32 Å². The molecule has 2 nitrogen and oxygen atoms in total. The number of benzene rings is 2. The van der Waals surface area contributed by atoms with E-state index in [0.717, 1.165) is 15.6 Å². The molecule has 0 spiro atoms. The van der Waals surface area contributed by atoms with Crippen molar-refractivity contribution in [1.82, 2.24) is 5.32 Å². The van der Waals surface area contributed by atoms with Crippen LogP contribution in [-0.2, 0) is 0 Å². The van der Waals surface area contributed by atoms with E-state index in [1.807, 2.05) is 62.4 Å². The molecule has 3 heteroatoms. The van der Waals surface area contributed by atoms with Gasteiger partial charge in [-0.25, -0.2) is 0 Å². The van der Waals surface area contributed by atoms with Crippen LogP contribution in [0.4, 0.5) is 0 Å². The van der Waals surface area contributed by atoms with Crippen LogP contribution in [0.25, 0.3) is 0 Å². The summed E-state index contributed by atoms with van der Waals surface area (Å²) in [6.07, 6.45) is 0. The van der Waals surface area contributed by atoms with Crippen LogP contribution < -0.4 is 5.32 Å². The first-order chi connectivity index (χ1) is 9.09. The second-order valence-corrected chi connectivity index (χ2v) is 5.37. The molecule has 0 aliphatic heterocycles. The van der Waals surface area contributed by atoms with E-state index in [4.69, 9.17) is 0 Å². The van der Waals surface area contributed by atoms with Gasteiger partial charge in [0.1, 0.15) is 0 Å². The van der Waals surface area contributed by atoms with Crippen LogP contribution in [0.3, 0.4) is 0 Å². The standard InChI is InChI=1S/C16H16BrNO/c1-11-14(9-6-10-15(11)17)16(19)18-12(2)13-7-4-3-5-8-13/h3-10,12H,1-2H3,(H,18,19). The van der Waals surface area contributed by atoms with Crippen molar-refractivity contribution < 1.29 is 4.79 Å². The van der Waals surface area contributed by atoms with Gasteiger partial charge in [0.25, 0.3) is 5.91 Å².